The van der Waals surface area contributed by atoms with Gasteiger partial charge < -0.3 is 20.5 Å². The van der Waals surface area contributed by atoms with Crippen LogP contribution in [0.2, 0.25) is 0 Å². The largest absolute Gasteiger partial charge is 0.482 e. The molecule has 0 saturated carbocycles. The van der Waals surface area contributed by atoms with Crippen molar-refractivity contribution in [3.05, 3.63) is 58.6 Å². The average molecular weight is 405 g/mol. The molecule has 3 N–H and O–H groups in total. The lowest BCUT2D eigenvalue weighted by Gasteiger charge is -2.31. The Labute approximate surface area is 153 Å². The first-order valence-electron chi connectivity index (χ1n) is 7.73. The second-order valence-corrected chi connectivity index (χ2v) is 6.62. The fourth-order valence-electron chi connectivity index (χ4n) is 2.64. The Morgan fingerprint density at radius 2 is 1.80 bits per heavy atom. The summed E-state index contributed by atoms with van der Waals surface area (Å²) in [5.41, 5.74) is 6.05. The van der Waals surface area contributed by atoms with E-state index in [0.29, 0.717) is 17.1 Å². The van der Waals surface area contributed by atoms with Gasteiger partial charge in [0.2, 0.25) is 12.0 Å². The Hall–Kier alpha value is -2.54. The molecule has 0 aliphatic carbocycles. The number of carbonyl (C=O) groups is 2. The van der Waals surface area contributed by atoms with Crippen LogP contribution in [0.1, 0.15) is 18.5 Å². The number of benzene rings is 2. The first kappa shape index (κ1) is 17.3. The van der Waals surface area contributed by atoms with Gasteiger partial charge in [-0.25, -0.2) is 0 Å². The minimum absolute atomic E-state index is 0.467. The van der Waals surface area contributed by atoms with Crippen LogP contribution in [-0.2, 0) is 9.59 Å². The Kier molecular flexibility index (Phi) is 4.94. The third-order valence-electron chi connectivity index (χ3n) is 3.85. The number of halogens is 1. The Morgan fingerprint density at radius 1 is 1.12 bits per heavy atom. The van der Waals surface area contributed by atoms with E-state index in [0.717, 1.165) is 4.47 Å². The monoisotopic (exact) mass is 404 g/mol. The van der Waals surface area contributed by atoms with Crippen LogP contribution in [-0.4, -0.2) is 24.0 Å². The lowest BCUT2D eigenvalue weighted by molar-refractivity contribution is -0.136. The van der Waals surface area contributed by atoms with E-state index in [1.807, 2.05) is 12.1 Å². The third-order valence-corrected chi connectivity index (χ3v) is 4.35. The molecule has 3 rings (SSSR count). The highest BCUT2D eigenvalue weighted by Gasteiger charge is 2.36. The number of primary amides is 1. The summed E-state index contributed by atoms with van der Waals surface area (Å²) in [6.07, 6.45) is -1.39. The van der Waals surface area contributed by atoms with Gasteiger partial charge in [0.1, 0.15) is 12.1 Å². The number of ether oxygens (including phenoxy) is 2. The van der Waals surface area contributed by atoms with Crippen molar-refractivity contribution in [2.75, 3.05) is 0 Å². The number of nitrogens with one attached hydrogen (secondary N) is 1. The molecule has 0 fully saturated rings. The van der Waals surface area contributed by atoms with E-state index in [4.69, 9.17) is 15.2 Å². The third kappa shape index (κ3) is 3.76. The number of rotatable bonds is 4. The van der Waals surface area contributed by atoms with Crippen LogP contribution in [0, 0.1) is 0 Å². The summed E-state index contributed by atoms with van der Waals surface area (Å²) in [6, 6.07) is 13.2. The van der Waals surface area contributed by atoms with Crippen molar-refractivity contribution in [1.29, 1.82) is 0 Å². The minimum Gasteiger partial charge on any atom is -0.482 e. The number of fused-ring (bicyclic) bond motifs is 1. The summed E-state index contributed by atoms with van der Waals surface area (Å²) in [4.78, 5) is 24.5. The molecular formula is C18H17BrN2O4. The molecule has 7 heteroatoms. The summed E-state index contributed by atoms with van der Waals surface area (Å²) in [5, 5.41) is 2.65. The number of nitrogens with two attached hydrogens (primary N) is 1. The quantitative estimate of drug-likeness (QED) is 0.817. The van der Waals surface area contributed by atoms with Crippen LogP contribution in [0.15, 0.2) is 53.0 Å². The van der Waals surface area contributed by atoms with E-state index < -0.39 is 30.1 Å². The molecule has 2 aromatic rings. The molecular weight excluding hydrogens is 388 g/mol. The number of carbonyl (C=O) groups excluding carboxylic acids is 2. The van der Waals surface area contributed by atoms with Crippen molar-refractivity contribution < 1.29 is 19.1 Å². The van der Waals surface area contributed by atoms with Crippen molar-refractivity contribution in [3.63, 3.8) is 0 Å². The highest BCUT2D eigenvalue weighted by Crippen LogP contribution is 2.33. The first-order chi connectivity index (χ1) is 12.0. The average Bonchev–Trinajstić information content (AvgIpc) is 2.58. The number of hydrogen-bond acceptors (Lipinski definition) is 4. The molecule has 3 atom stereocenters. The van der Waals surface area contributed by atoms with Gasteiger partial charge in [0.05, 0.1) is 0 Å². The standard InChI is InChI=1S/C18H17BrN2O4/c1-10-16(25-14-8-3-2-7-13(14)24-10)18(23)21-15(17(20)22)11-5-4-6-12(19)9-11/h2-10,15-16H,1H3,(H2,20,22)(H,21,23)/t10-,15+,16-/m0/s1. The lowest BCUT2D eigenvalue weighted by Crippen LogP contribution is -2.51. The van der Waals surface area contributed by atoms with Crippen LogP contribution in [0.25, 0.3) is 0 Å². The SMILES string of the molecule is C[C@@H]1Oc2ccccc2O[C@@H]1C(=O)N[C@@H](C(N)=O)c1cccc(Br)c1. The molecule has 2 amide bonds. The second-order valence-electron chi connectivity index (χ2n) is 5.71. The normalized spacial score (nSPS) is 19.8. The maximum atomic E-state index is 12.7. The maximum Gasteiger partial charge on any atom is 0.265 e. The minimum atomic E-state index is -0.960. The Morgan fingerprint density at radius 3 is 2.44 bits per heavy atom. The maximum absolute atomic E-state index is 12.7. The molecule has 1 aliphatic heterocycles. The fourth-order valence-corrected chi connectivity index (χ4v) is 3.05. The van der Waals surface area contributed by atoms with E-state index >= 15 is 0 Å². The molecule has 0 bridgehead atoms. The van der Waals surface area contributed by atoms with Crippen LogP contribution >= 0.6 is 15.9 Å². The number of hydrogen-bond donors (Lipinski definition) is 2. The summed E-state index contributed by atoms with van der Waals surface area (Å²) in [7, 11) is 0. The highest BCUT2D eigenvalue weighted by atomic mass is 79.9. The Balaban J connectivity index is 1.79. The van der Waals surface area contributed by atoms with Gasteiger partial charge in [-0.3, -0.25) is 9.59 Å². The summed E-state index contributed by atoms with van der Waals surface area (Å²) in [5.74, 6) is -0.0571. The molecule has 0 spiro atoms. The zero-order valence-electron chi connectivity index (χ0n) is 13.4. The molecule has 25 heavy (non-hydrogen) atoms. The van der Waals surface area contributed by atoms with Gasteiger partial charge in [-0.05, 0) is 36.8 Å². The fraction of sp³-hybridized carbons (Fsp3) is 0.222. The topological polar surface area (TPSA) is 90.7 Å². The molecule has 1 heterocycles. The van der Waals surface area contributed by atoms with E-state index in [1.54, 1.807) is 43.3 Å². The number of amides is 2. The van der Waals surface area contributed by atoms with Gasteiger partial charge in [-0.2, -0.15) is 0 Å². The molecule has 130 valence electrons. The van der Waals surface area contributed by atoms with Crippen molar-refractivity contribution in [1.82, 2.24) is 5.32 Å². The summed E-state index contributed by atoms with van der Waals surface area (Å²) < 4.78 is 12.3. The molecule has 0 radical (unpaired) electrons. The second kappa shape index (κ2) is 7.14. The van der Waals surface area contributed by atoms with Crippen LogP contribution in [0.4, 0.5) is 0 Å². The van der Waals surface area contributed by atoms with Gasteiger partial charge in [-0.1, -0.05) is 40.2 Å². The first-order valence-corrected chi connectivity index (χ1v) is 8.52. The predicted octanol–water partition coefficient (Wildman–Crippen LogP) is 2.32. The number of para-hydroxylation sites is 2. The zero-order valence-corrected chi connectivity index (χ0v) is 15.0. The van der Waals surface area contributed by atoms with Crippen LogP contribution < -0.4 is 20.5 Å². The molecule has 0 unspecified atom stereocenters. The van der Waals surface area contributed by atoms with E-state index in [-0.39, 0.29) is 0 Å². The molecule has 1 aliphatic rings. The van der Waals surface area contributed by atoms with Crippen LogP contribution in [0.5, 0.6) is 11.5 Å². The lowest BCUT2D eigenvalue weighted by atomic mass is 10.1. The van der Waals surface area contributed by atoms with Crippen LogP contribution in [0.3, 0.4) is 0 Å². The molecule has 0 saturated heterocycles. The molecule has 2 aromatic carbocycles. The van der Waals surface area contributed by atoms with Crippen molar-refractivity contribution >= 4 is 27.7 Å². The van der Waals surface area contributed by atoms with E-state index in [1.165, 1.54) is 0 Å². The van der Waals surface area contributed by atoms with E-state index in [9.17, 15) is 9.59 Å². The van der Waals surface area contributed by atoms with Gasteiger partial charge >= 0.3 is 0 Å². The smallest absolute Gasteiger partial charge is 0.265 e. The van der Waals surface area contributed by atoms with Gasteiger partial charge in [0.15, 0.2) is 11.5 Å². The molecule has 0 aromatic heterocycles. The van der Waals surface area contributed by atoms with Gasteiger partial charge in [0.25, 0.3) is 5.91 Å². The predicted molar refractivity (Wildman–Crippen MR) is 95.2 cm³/mol. The van der Waals surface area contributed by atoms with Crippen molar-refractivity contribution in [2.24, 2.45) is 5.73 Å². The van der Waals surface area contributed by atoms with Gasteiger partial charge in [0, 0.05) is 4.47 Å². The molecule has 6 nitrogen and oxygen atoms in total. The zero-order chi connectivity index (χ0) is 18.0. The Bertz CT molecular complexity index is 811. The summed E-state index contributed by atoms with van der Waals surface area (Å²) >= 11 is 3.34. The van der Waals surface area contributed by atoms with Crippen molar-refractivity contribution in [2.45, 2.75) is 25.2 Å². The van der Waals surface area contributed by atoms with E-state index in [2.05, 4.69) is 21.2 Å². The van der Waals surface area contributed by atoms with Crippen molar-refractivity contribution in [3.8, 4) is 11.5 Å². The summed E-state index contributed by atoms with van der Waals surface area (Å²) in [6.45, 7) is 1.73. The van der Waals surface area contributed by atoms with Gasteiger partial charge in [-0.15, -0.1) is 0 Å². The highest BCUT2D eigenvalue weighted by molar-refractivity contribution is 9.10.